The third-order valence-corrected chi connectivity index (χ3v) is 8.08. The van der Waals surface area contributed by atoms with Crippen LogP contribution in [0.15, 0.2) is 0 Å². The van der Waals surface area contributed by atoms with Crippen LogP contribution in [0.2, 0.25) is 0 Å². The summed E-state index contributed by atoms with van der Waals surface area (Å²) in [5, 5.41) is 7.47. The summed E-state index contributed by atoms with van der Waals surface area (Å²) in [6.07, 6.45) is -0.523. The van der Waals surface area contributed by atoms with Crippen LogP contribution in [0.5, 0.6) is 0 Å². The molecule has 7 nitrogen and oxygen atoms in total. The zero-order valence-electron chi connectivity index (χ0n) is 10.5. The van der Waals surface area contributed by atoms with E-state index in [1.807, 2.05) is 0 Å². The number of aliphatic carboxylic acids is 1. The molecular weight excluding hydrogens is 314 g/mol. The maximum atomic E-state index is 12.1. The van der Waals surface area contributed by atoms with Gasteiger partial charge in [-0.1, -0.05) is 6.92 Å². The molecule has 1 N–H and O–H groups in total. The van der Waals surface area contributed by atoms with Crippen molar-refractivity contribution < 1.29 is 26.7 Å². The highest BCUT2D eigenvalue weighted by Crippen LogP contribution is 2.24. The number of thioether (sulfide) groups is 1. The Morgan fingerprint density at radius 3 is 2.53 bits per heavy atom. The number of carbonyl (C=O) groups is 1. The Morgan fingerprint density at radius 2 is 2.00 bits per heavy atom. The lowest BCUT2D eigenvalue weighted by Crippen LogP contribution is -2.51. The standard InChI is InChI=1S/C9H17NO6S3/c1-2-18(13,14)8-7-17-5-4-10(8)19(15,16)6-3-9(11)12/h8H,2-7H2,1H3,(H,11,12). The van der Waals surface area contributed by atoms with Gasteiger partial charge in [0.05, 0.1) is 12.2 Å². The molecule has 1 atom stereocenters. The largest absolute Gasteiger partial charge is 0.481 e. The molecule has 1 saturated heterocycles. The minimum Gasteiger partial charge on any atom is -0.481 e. The van der Waals surface area contributed by atoms with Crippen molar-refractivity contribution in [3.05, 3.63) is 0 Å². The molecular formula is C9H17NO6S3. The number of sulfone groups is 1. The molecule has 0 spiro atoms. The van der Waals surface area contributed by atoms with Crippen LogP contribution in [0.3, 0.4) is 0 Å². The lowest BCUT2D eigenvalue weighted by Gasteiger charge is -2.33. The van der Waals surface area contributed by atoms with Gasteiger partial charge >= 0.3 is 5.97 Å². The van der Waals surface area contributed by atoms with Crippen LogP contribution in [-0.4, -0.2) is 67.1 Å². The topological polar surface area (TPSA) is 109 Å². The summed E-state index contributed by atoms with van der Waals surface area (Å²) in [4.78, 5) is 10.5. The quantitative estimate of drug-likeness (QED) is 0.705. The maximum Gasteiger partial charge on any atom is 0.304 e. The summed E-state index contributed by atoms with van der Waals surface area (Å²) < 4.78 is 48.9. The van der Waals surface area contributed by atoms with Gasteiger partial charge in [0, 0.05) is 23.8 Å². The first-order valence-corrected chi connectivity index (χ1v) is 10.2. The molecule has 0 aromatic heterocycles. The zero-order valence-corrected chi connectivity index (χ0v) is 12.9. The van der Waals surface area contributed by atoms with E-state index >= 15 is 0 Å². The van der Waals surface area contributed by atoms with E-state index in [4.69, 9.17) is 5.11 Å². The second-order valence-corrected chi connectivity index (χ2v) is 9.69. The number of hydrogen-bond donors (Lipinski definition) is 1. The van der Waals surface area contributed by atoms with Crippen molar-refractivity contribution in [2.75, 3.05) is 29.6 Å². The highest BCUT2D eigenvalue weighted by atomic mass is 32.2. The Morgan fingerprint density at radius 1 is 1.37 bits per heavy atom. The van der Waals surface area contributed by atoms with Crippen LogP contribution in [0.1, 0.15) is 13.3 Å². The molecule has 0 saturated carbocycles. The van der Waals surface area contributed by atoms with Gasteiger partial charge in [0.1, 0.15) is 5.37 Å². The summed E-state index contributed by atoms with van der Waals surface area (Å²) in [6.45, 7) is 1.58. The fraction of sp³-hybridized carbons (Fsp3) is 0.889. The van der Waals surface area contributed by atoms with E-state index in [9.17, 15) is 21.6 Å². The number of sulfonamides is 1. The molecule has 0 amide bonds. The minimum absolute atomic E-state index is 0.108. The lowest BCUT2D eigenvalue weighted by atomic mass is 10.5. The highest BCUT2D eigenvalue weighted by Gasteiger charge is 2.39. The Bertz CT molecular complexity index is 526. The third kappa shape index (κ3) is 4.33. The highest BCUT2D eigenvalue weighted by molar-refractivity contribution is 8.01. The van der Waals surface area contributed by atoms with Crippen molar-refractivity contribution >= 4 is 37.6 Å². The number of carboxylic acid groups (broad SMARTS) is 1. The second-order valence-electron chi connectivity index (χ2n) is 4.05. The van der Waals surface area contributed by atoms with Gasteiger partial charge in [-0.3, -0.25) is 4.79 Å². The van der Waals surface area contributed by atoms with Crippen LogP contribution in [0.25, 0.3) is 0 Å². The van der Waals surface area contributed by atoms with Gasteiger partial charge < -0.3 is 5.11 Å². The van der Waals surface area contributed by atoms with Gasteiger partial charge in [0.2, 0.25) is 10.0 Å². The average molecular weight is 331 g/mol. The van der Waals surface area contributed by atoms with Crippen molar-refractivity contribution in [3.63, 3.8) is 0 Å². The summed E-state index contributed by atoms with van der Waals surface area (Å²) in [7, 11) is -7.37. The van der Waals surface area contributed by atoms with Crippen molar-refractivity contribution in [1.29, 1.82) is 0 Å². The SMILES string of the molecule is CCS(=O)(=O)C1CSCCN1S(=O)(=O)CCC(=O)O. The molecule has 0 bridgehead atoms. The Balaban J connectivity index is 2.97. The van der Waals surface area contributed by atoms with Crippen LogP contribution in [-0.2, 0) is 24.7 Å². The van der Waals surface area contributed by atoms with Gasteiger partial charge in [-0.15, -0.1) is 0 Å². The lowest BCUT2D eigenvalue weighted by molar-refractivity contribution is -0.136. The summed E-state index contributed by atoms with van der Waals surface area (Å²) in [6, 6.07) is 0. The normalized spacial score (nSPS) is 22.3. The first-order chi connectivity index (χ1) is 8.70. The molecule has 1 aliphatic heterocycles. The number of rotatable bonds is 6. The van der Waals surface area contributed by atoms with Gasteiger partial charge in [0.25, 0.3) is 0 Å². The number of hydrogen-bond acceptors (Lipinski definition) is 6. The average Bonchev–Trinajstić information content (AvgIpc) is 2.36. The second kappa shape index (κ2) is 6.42. The molecule has 0 aliphatic carbocycles. The Kier molecular flexibility index (Phi) is 5.65. The van der Waals surface area contributed by atoms with Crippen LogP contribution < -0.4 is 0 Å². The van der Waals surface area contributed by atoms with E-state index in [2.05, 4.69) is 0 Å². The zero-order chi connectivity index (χ0) is 14.7. The first-order valence-electron chi connectivity index (χ1n) is 5.71. The van der Waals surface area contributed by atoms with Crippen molar-refractivity contribution in [2.24, 2.45) is 0 Å². The summed E-state index contributed by atoms with van der Waals surface area (Å²) in [5.74, 6) is -1.21. The van der Waals surface area contributed by atoms with E-state index in [-0.39, 0.29) is 18.1 Å². The Hall–Kier alpha value is -0.320. The number of nitrogens with zero attached hydrogens (tertiary/aromatic N) is 1. The molecule has 0 aromatic carbocycles. The predicted octanol–water partition coefficient (Wildman–Crippen LogP) is -0.399. The van der Waals surface area contributed by atoms with Crippen molar-refractivity contribution in [1.82, 2.24) is 4.31 Å². The number of carboxylic acids is 1. The molecule has 10 heteroatoms. The molecule has 1 fully saturated rings. The predicted molar refractivity (Wildman–Crippen MR) is 73.3 cm³/mol. The van der Waals surface area contributed by atoms with Crippen LogP contribution in [0.4, 0.5) is 0 Å². The van der Waals surface area contributed by atoms with E-state index in [1.165, 1.54) is 18.7 Å². The smallest absolute Gasteiger partial charge is 0.304 e. The van der Waals surface area contributed by atoms with Crippen molar-refractivity contribution in [2.45, 2.75) is 18.7 Å². The van der Waals surface area contributed by atoms with Gasteiger partial charge in [-0.05, 0) is 0 Å². The van der Waals surface area contributed by atoms with E-state index in [0.29, 0.717) is 5.75 Å². The first kappa shape index (κ1) is 16.7. The monoisotopic (exact) mass is 331 g/mol. The minimum atomic E-state index is -3.86. The molecule has 0 radical (unpaired) electrons. The molecule has 0 aromatic rings. The van der Waals surface area contributed by atoms with Gasteiger partial charge in [-0.25, -0.2) is 16.8 Å². The molecule has 1 unspecified atom stereocenters. The molecule has 1 rings (SSSR count). The van der Waals surface area contributed by atoms with E-state index < -0.39 is 43.4 Å². The third-order valence-electron chi connectivity index (χ3n) is 2.79. The summed E-state index contributed by atoms with van der Waals surface area (Å²) >= 11 is 1.39. The molecule has 19 heavy (non-hydrogen) atoms. The van der Waals surface area contributed by atoms with Crippen molar-refractivity contribution in [3.8, 4) is 0 Å². The van der Waals surface area contributed by atoms with Crippen LogP contribution in [0, 0.1) is 0 Å². The Labute approximate surface area is 117 Å². The van der Waals surface area contributed by atoms with Gasteiger partial charge in [-0.2, -0.15) is 16.1 Å². The van der Waals surface area contributed by atoms with Gasteiger partial charge in [0.15, 0.2) is 9.84 Å². The van der Waals surface area contributed by atoms with E-state index in [1.54, 1.807) is 0 Å². The molecule has 1 aliphatic rings. The van der Waals surface area contributed by atoms with E-state index in [0.717, 1.165) is 4.31 Å². The van der Waals surface area contributed by atoms with Crippen LogP contribution >= 0.6 is 11.8 Å². The summed E-state index contributed by atoms with van der Waals surface area (Å²) in [5.41, 5.74) is 0. The molecule has 1 heterocycles. The fourth-order valence-corrected chi connectivity index (χ4v) is 7.00. The fourth-order valence-electron chi connectivity index (χ4n) is 1.69. The molecule has 112 valence electrons. The maximum absolute atomic E-state index is 12.1.